The number of nitrogens with zero attached hydrogens (tertiary/aromatic N) is 2. The first-order chi connectivity index (χ1) is 11.1. The van der Waals surface area contributed by atoms with Crippen LogP contribution in [0.15, 0.2) is 42.7 Å². The van der Waals surface area contributed by atoms with E-state index >= 15 is 0 Å². The molecule has 0 saturated heterocycles. The lowest BCUT2D eigenvalue weighted by molar-refractivity contribution is 0.143. The third kappa shape index (κ3) is 5.45. The number of aromatic nitrogens is 1. The molecule has 1 N–H and O–H groups in total. The van der Waals surface area contributed by atoms with Gasteiger partial charge in [-0.05, 0) is 62.1 Å². The Bertz CT molecular complexity index is 598. The Hall–Kier alpha value is -1.71. The molecule has 1 aromatic carbocycles. The number of aliphatic hydroxyl groups excluding tert-OH is 1. The zero-order valence-electron chi connectivity index (χ0n) is 14.5. The minimum atomic E-state index is -0.384. The molecule has 0 aliphatic carbocycles. The maximum atomic E-state index is 10.5. The highest BCUT2D eigenvalue weighted by molar-refractivity contribution is 5.31. The van der Waals surface area contributed by atoms with Crippen molar-refractivity contribution in [3.63, 3.8) is 0 Å². The summed E-state index contributed by atoms with van der Waals surface area (Å²) in [6.07, 6.45) is 5.10. The first kappa shape index (κ1) is 17.6. The molecule has 124 valence electrons. The molecule has 0 bridgehead atoms. The second kappa shape index (κ2) is 8.80. The number of benzene rings is 1. The second-order valence-corrected chi connectivity index (χ2v) is 6.20. The number of aliphatic hydroxyl groups is 1. The molecule has 3 nitrogen and oxygen atoms in total. The summed E-state index contributed by atoms with van der Waals surface area (Å²) in [6, 6.07) is 10.4. The zero-order valence-corrected chi connectivity index (χ0v) is 14.5. The van der Waals surface area contributed by atoms with Crippen LogP contribution >= 0.6 is 0 Å². The van der Waals surface area contributed by atoms with Gasteiger partial charge in [-0.1, -0.05) is 30.7 Å². The molecule has 0 amide bonds. The van der Waals surface area contributed by atoms with Crippen molar-refractivity contribution in [3.05, 3.63) is 65.0 Å². The minimum absolute atomic E-state index is 0.384. The van der Waals surface area contributed by atoms with E-state index in [0.29, 0.717) is 0 Å². The fourth-order valence-electron chi connectivity index (χ4n) is 2.92. The van der Waals surface area contributed by atoms with E-state index in [4.69, 9.17) is 0 Å². The van der Waals surface area contributed by atoms with E-state index in [1.54, 1.807) is 0 Å². The second-order valence-electron chi connectivity index (χ2n) is 6.20. The van der Waals surface area contributed by atoms with Gasteiger partial charge in [0.15, 0.2) is 0 Å². The van der Waals surface area contributed by atoms with Crippen LogP contribution in [0.5, 0.6) is 0 Å². The van der Waals surface area contributed by atoms with Gasteiger partial charge >= 0.3 is 0 Å². The maximum Gasteiger partial charge on any atom is 0.0804 e. The normalized spacial score (nSPS) is 12.6. The minimum Gasteiger partial charge on any atom is -0.388 e. The number of hydrogen-bond donors (Lipinski definition) is 1. The summed E-state index contributed by atoms with van der Waals surface area (Å²) in [5, 5.41) is 10.5. The fraction of sp³-hybridized carbons (Fsp3) is 0.450. The summed E-state index contributed by atoms with van der Waals surface area (Å²) >= 11 is 0. The quantitative estimate of drug-likeness (QED) is 0.807. The molecule has 1 aromatic heterocycles. The molecule has 1 atom stereocenters. The molecule has 0 saturated carbocycles. The average Bonchev–Trinajstić information content (AvgIpc) is 2.55. The van der Waals surface area contributed by atoms with Gasteiger partial charge in [-0.15, -0.1) is 0 Å². The van der Waals surface area contributed by atoms with Crippen molar-refractivity contribution in [2.75, 3.05) is 19.6 Å². The maximum absolute atomic E-state index is 10.5. The van der Waals surface area contributed by atoms with Crippen molar-refractivity contribution in [2.24, 2.45) is 0 Å². The summed E-state index contributed by atoms with van der Waals surface area (Å²) < 4.78 is 0. The Kier molecular flexibility index (Phi) is 6.75. The first-order valence-corrected chi connectivity index (χ1v) is 8.46. The predicted octanol–water partition coefficient (Wildman–Crippen LogP) is 3.69. The van der Waals surface area contributed by atoms with Gasteiger partial charge < -0.3 is 10.0 Å². The SMILES string of the molecule is CCN(CCc1ccncc1)CCC(O)c1ccc(C)cc1C. The molecule has 0 aliphatic rings. The Balaban J connectivity index is 1.84. The van der Waals surface area contributed by atoms with Crippen molar-refractivity contribution in [1.29, 1.82) is 0 Å². The van der Waals surface area contributed by atoms with Crippen LogP contribution in [0, 0.1) is 13.8 Å². The van der Waals surface area contributed by atoms with Gasteiger partial charge in [0, 0.05) is 25.5 Å². The molecular weight excluding hydrogens is 284 g/mol. The summed E-state index contributed by atoms with van der Waals surface area (Å²) in [5.74, 6) is 0. The Morgan fingerprint density at radius 1 is 1.09 bits per heavy atom. The number of rotatable bonds is 8. The van der Waals surface area contributed by atoms with E-state index in [0.717, 1.165) is 38.0 Å². The van der Waals surface area contributed by atoms with E-state index < -0.39 is 0 Å². The smallest absolute Gasteiger partial charge is 0.0804 e. The van der Waals surface area contributed by atoms with Crippen LogP contribution in [0.3, 0.4) is 0 Å². The van der Waals surface area contributed by atoms with Crippen LogP contribution < -0.4 is 0 Å². The summed E-state index contributed by atoms with van der Waals surface area (Å²) in [4.78, 5) is 6.45. The molecule has 1 heterocycles. The highest BCUT2D eigenvalue weighted by Gasteiger charge is 2.12. The van der Waals surface area contributed by atoms with Gasteiger partial charge in [0.2, 0.25) is 0 Å². The van der Waals surface area contributed by atoms with Crippen LogP contribution in [0.2, 0.25) is 0 Å². The first-order valence-electron chi connectivity index (χ1n) is 8.46. The van der Waals surface area contributed by atoms with E-state index in [-0.39, 0.29) is 6.10 Å². The van der Waals surface area contributed by atoms with E-state index in [1.807, 2.05) is 12.4 Å². The summed E-state index contributed by atoms with van der Waals surface area (Å²) in [7, 11) is 0. The van der Waals surface area contributed by atoms with Gasteiger partial charge in [-0.25, -0.2) is 0 Å². The molecule has 2 rings (SSSR count). The predicted molar refractivity (Wildman–Crippen MR) is 95.5 cm³/mol. The largest absolute Gasteiger partial charge is 0.388 e. The number of aryl methyl sites for hydroxylation is 2. The molecule has 0 aliphatic heterocycles. The Morgan fingerprint density at radius 3 is 2.48 bits per heavy atom. The molecule has 23 heavy (non-hydrogen) atoms. The van der Waals surface area contributed by atoms with Crippen LogP contribution in [0.4, 0.5) is 0 Å². The lowest BCUT2D eigenvalue weighted by Crippen LogP contribution is -2.28. The van der Waals surface area contributed by atoms with Crippen LogP contribution in [-0.2, 0) is 6.42 Å². The van der Waals surface area contributed by atoms with Gasteiger partial charge in [-0.2, -0.15) is 0 Å². The van der Waals surface area contributed by atoms with E-state index in [9.17, 15) is 5.11 Å². The van der Waals surface area contributed by atoms with Crippen molar-refractivity contribution >= 4 is 0 Å². The zero-order chi connectivity index (χ0) is 16.7. The molecule has 0 radical (unpaired) electrons. The highest BCUT2D eigenvalue weighted by atomic mass is 16.3. The molecule has 0 fully saturated rings. The molecule has 2 aromatic rings. The third-order valence-electron chi connectivity index (χ3n) is 4.42. The summed E-state index contributed by atoms with van der Waals surface area (Å²) in [5.41, 5.74) is 4.79. The molecule has 0 spiro atoms. The monoisotopic (exact) mass is 312 g/mol. The van der Waals surface area contributed by atoms with Gasteiger partial charge in [0.05, 0.1) is 6.10 Å². The van der Waals surface area contributed by atoms with Crippen molar-refractivity contribution < 1.29 is 5.11 Å². The summed E-state index contributed by atoms with van der Waals surface area (Å²) in [6.45, 7) is 9.27. The standard InChI is InChI=1S/C20H28N2O/c1-4-22(13-9-18-7-11-21-12-8-18)14-10-20(23)19-6-5-16(2)15-17(19)3/h5-8,11-12,15,20,23H,4,9-10,13-14H2,1-3H3. The lowest BCUT2D eigenvalue weighted by Gasteiger charge is -2.23. The van der Waals surface area contributed by atoms with Crippen LogP contribution in [0.25, 0.3) is 0 Å². The van der Waals surface area contributed by atoms with Crippen molar-refractivity contribution in [3.8, 4) is 0 Å². The number of pyridine rings is 1. The molecule has 3 heteroatoms. The van der Waals surface area contributed by atoms with Gasteiger partial charge in [-0.3, -0.25) is 4.98 Å². The molecule has 1 unspecified atom stereocenters. The van der Waals surface area contributed by atoms with Crippen LogP contribution in [-0.4, -0.2) is 34.6 Å². The van der Waals surface area contributed by atoms with Crippen molar-refractivity contribution in [1.82, 2.24) is 9.88 Å². The van der Waals surface area contributed by atoms with Gasteiger partial charge in [0.1, 0.15) is 0 Å². The van der Waals surface area contributed by atoms with E-state index in [2.05, 4.69) is 61.0 Å². The lowest BCUT2D eigenvalue weighted by atomic mass is 9.99. The van der Waals surface area contributed by atoms with Crippen molar-refractivity contribution in [2.45, 2.75) is 39.7 Å². The number of likely N-dealkylation sites (N-methyl/N-ethyl adjacent to an activating group) is 1. The number of hydrogen-bond acceptors (Lipinski definition) is 3. The molecular formula is C20H28N2O. The van der Waals surface area contributed by atoms with Gasteiger partial charge in [0.25, 0.3) is 0 Å². The fourth-order valence-corrected chi connectivity index (χ4v) is 2.92. The Labute approximate surface area is 140 Å². The third-order valence-corrected chi connectivity index (χ3v) is 4.42. The van der Waals surface area contributed by atoms with E-state index in [1.165, 1.54) is 16.7 Å². The topological polar surface area (TPSA) is 36.4 Å². The average molecular weight is 312 g/mol. The van der Waals surface area contributed by atoms with Crippen LogP contribution in [0.1, 0.15) is 41.7 Å². The highest BCUT2D eigenvalue weighted by Crippen LogP contribution is 2.22. The Morgan fingerprint density at radius 2 is 1.83 bits per heavy atom.